The van der Waals surface area contributed by atoms with Gasteiger partial charge in [0.1, 0.15) is 5.82 Å². The first-order valence-electron chi connectivity index (χ1n) is 6.64. The molecule has 0 unspecified atom stereocenters. The Bertz CT molecular complexity index is 525. The molecular weight excluding hydrogens is 259 g/mol. The zero-order valence-electron chi connectivity index (χ0n) is 12.4. The average Bonchev–Trinajstić information content (AvgIpc) is 2.27. The van der Waals surface area contributed by atoms with Gasteiger partial charge in [-0.3, -0.25) is 4.79 Å². The van der Waals surface area contributed by atoms with Gasteiger partial charge in [-0.1, -0.05) is 0 Å². The molecule has 0 bridgehead atoms. The maximum absolute atomic E-state index is 13.3. The number of carbonyl (C=O) groups is 1. The van der Waals surface area contributed by atoms with E-state index in [2.05, 4.69) is 0 Å². The Morgan fingerprint density at radius 3 is 2.35 bits per heavy atom. The molecule has 1 heterocycles. The lowest BCUT2D eigenvalue weighted by atomic mass is 9.98. The van der Waals surface area contributed by atoms with Gasteiger partial charge in [-0.2, -0.15) is 0 Å². The molecular formula is C15H21FN2O2. The van der Waals surface area contributed by atoms with Crippen molar-refractivity contribution in [3.8, 4) is 0 Å². The molecule has 20 heavy (non-hydrogen) atoms. The lowest BCUT2D eigenvalue weighted by molar-refractivity contribution is -0.171. The summed E-state index contributed by atoms with van der Waals surface area (Å²) in [5.74, 6) is -0.722. The van der Waals surface area contributed by atoms with Crippen LogP contribution >= 0.6 is 0 Å². The molecule has 0 atom stereocenters. The molecule has 1 aromatic rings. The summed E-state index contributed by atoms with van der Waals surface area (Å²) in [5.41, 5.74) is 5.39. The number of hydrogen-bond acceptors (Lipinski definition) is 3. The largest absolute Gasteiger partial charge is 0.398 e. The monoisotopic (exact) mass is 280 g/mol. The standard InChI is InChI=1S/C15H21FN2O2/c1-14(2)8-18(9-15(3,4)20-14)13(19)11-7-10(16)5-6-12(11)17/h5-7H,8-9,17H2,1-4H3. The van der Waals surface area contributed by atoms with Crippen molar-refractivity contribution in [2.75, 3.05) is 18.8 Å². The lowest BCUT2D eigenvalue weighted by Crippen LogP contribution is -2.58. The van der Waals surface area contributed by atoms with E-state index in [4.69, 9.17) is 10.5 Å². The zero-order chi connectivity index (χ0) is 15.1. The quantitative estimate of drug-likeness (QED) is 0.804. The zero-order valence-corrected chi connectivity index (χ0v) is 12.4. The van der Waals surface area contributed by atoms with Crippen LogP contribution in [-0.4, -0.2) is 35.1 Å². The van der Waals surface area contributed by atoms with E-state index in [1.165, 1.54) is 18.2 Å². The second-order valence-corrected chi connectivity index (χ2v) is 6.51. The third kappa shape index (κ3) is 3.10. The fourth-order valence-corrected chi connectivity index (χ4v) is 2.82. The van der Waals surface area contributed by atoms with Crippen molar-refractivity contribution >= 4 is 11.6 Å². The Balaban J connectivity index is 2.31. The average molecular weight is 280 g/mol. The van der Waals surface area contributed by atoms with E-state index in [9.17, 15) is 9.18 Å². The molecule has 5 heteroatoms. The number of nitrogens with two attached hydrogens (primary N) is 1. The number of nitrogen functional groups attached to an aromatic ring is 1. The van der Waals surface area contributed by atoms with Gasteiger partial charge in [-0.05, 0) is 45.9 Å². The number of nitrogens with zero attached hydrogens (tertiary/aromatic N) is 1. The molecule has 0 spiro atoms. The molecule has 0 radical (unpaired) electrons. The van der Waals surface area contributed by atoms with Crippen LogP contribution in [0.1, 0.15) is 38.1 Å². The summed E-state index contributed by atoms with van der Waals surface area (Å²) in [5, 5.41) is 0. The first-order valence-corrected chi connectivity index (χ1v) is 6.64. The second-order valence-electron chi connectivity index (χ2n) is 6.51. The van der Waals surface area contributed by atoms with Gasteiger partial charge in [0.25, 0.3) is 5.91 Å². The van der Waals surface area contributed by atoms with Crippen molar-refractivity contribution < 1.29 is 13.9 Å². The van der Waals surface area contributed by atoms with Crippen LogP contribution in [0, 0.1) is 5.82 Å². The Labute approximate surface area is 118 Å². The molecule has 0 aromatic heterocycles. The number of benzene rings is 1. The Hall–Kier alpha value is -1.62. The highest BCUT2D eigenvalue weighted by atomic mass is 19.1. The third-order valence-electron chi connectivity index (χ3n) is 3.23. The molecule has 2 N–H and O–H groups in total. The number of anilines is 1. The van der Waals surface area contributed by atoms with E-state index < -0.39 is 17.0 Å². The molecule has 0 saturated carbocycles. The van der Waals surface area contributed by atoms with Crippen LogP contribution in [0.4, 0.5) is 10.1 Å². The van der Waals surface area contributed by atoms with Gasteiger partial charge in [-0.15, -0.1) is 0 Å². The summed E-state index contributed by atoms with van der Waals surface area (Å²) < 4.78 is 19.3. The minimum Gasteiger partial charge on any atom is -0.398 e. The second kappa shape index (κ2) is 4.74. The van der Waals surface area contributed by atoms with Gasteiger partial charge < -0.3 is 15.4 Å². The highest BCUT2D eigenvalue weighted by Gasteiger charge is 2.40. The molecule has 4 nitrogen and oxygen atoms in total. The van der Waals surface area contributed by atoms with Crippen molar-refractivity contribution in [3.63, 3.8) is 0 Å². The summed E-state index contributed by atoms with van der Waals surface area (Å²) in [7, 11) is 0. The van der Waals surface area contributed by atoms with Crippen LogP contribution in [0.2, 0.25) is 0 Å². The lowest BCUT2D eigenvalue weighted by Gasteiger charge is -2.47. The van der Waals surface area contributed by atoms with Crippen LogP contribution in [0.25, 0.3) is 0 Å². The summed E-state index contributed by atoms with van der Waals surface area (Å²) in [6.45, 7) is 8.63. The third-order valence-corrected chi connectivity index (χ3v) is 3.23. The molecule has 1 aromatic carbocycles. The van der Waals surface area contributed by atoms with E-state index in [0.717, 1.165) is 0 Å². The fourth-order valence-electron chi connectivity index (χ4n) is 2.82. The smallest absolute Gasteiger partial charge is 0.256 e. The minimum atomic E-state index is -0.464. The maximum atomic E-state index is 13.3. The number of rotatable bonds is 1. The van der Waals surface area contributed by atoms with Crippen molar-refractivity contribution in [2.24, 2.45) is 0 Å². The summed E-state index contributed by atoms with van der Waals surface area (Å²) in [4.78, 5) is 14.2. The summed E-state index contributed by atoms with van der Waals surface area (Å²) in [6.07, 6.45) is 0. The number of ether oxygens (including phenoxy) is 1. The minimum absolute atomic E-state index is 0.207. The topological polar surface area (TPSA) is 55.6 Å². The highest BCUT2D eigenvalue weighted by molar-refractivity contribution is 5.99. The normalized spacial score (nSPS) is 20.8. The fraction of sp³-hybridized carbons (Fsp3) is 0.533. The Morgan fingerprint density at radius 2 is 1.80 bits per heavy atom. The van der Waals surface area contributed by atoms with Crippen molar-refractivity contribution in [1.82, 2.24) is 4.90 Å². The highest BCUT2D eigenvalue weighted by Crippen LogP contribution is 2.29. The van der Waals surface area contributed by atoms with E-state index in [-0.39, 0.29) is 11.5 Å². The van der Waals surface area contributed by atoms with E-state index >= 15 is 0 Å². The molecule has 1 aliphatic heterocycles. The number of amides is 1. The molecule has 110 valence electrons. The first-order chi connectivity index (χ1) is 9.10. The van der Waals surface area contributed by atoms with Gasteiger partial charge in [0.2, 0.25) is 0 Å². The van der Waals surface area contributed by atoms with Gasteiger partial charge in [0.15, 0.2) is 0 Å². The Morgan fingerprint density at radius 1 is 1.25 bits per heavy atom. The van der Waals surface area contributed by atoms with Crippen molar-refractivity contribution in [1.29, 1.82) is 0 Å². The van der Waals surface area contributed by atoms with Crippen LogP contribution in [-0.2, 0) is 4.74 Å². The number of hydrogen-bond donors (Lipinski definition) is 1. The maximum Gasteiger partial charge on any atom is 0.256 e. The van der Waals surface area contributed by atoms with Crippen molar-refractivity contribution in [2.45, 2.75) is 38.9 Å². The van der Waals surface area contributed by atoms with E-state index in [1.54, 1.807) is 4.90 Å². The molecule has 1 fully saturated rings. The van der Waals surface area contributed by atoms with E-state index in [0.29, 0.717) is 18.8 Å². The number of carbonyl (C=O) groups excluding carboxylic acids is 1. The first kappa shape index (κ1) is 14.8. The predicted octanol–water partition coefficient (Wildman–Crippen LogP) is 2.44. The molecule has 1 amide bonds. The van der Waals surface area contributed by atoms with Crippen LogP contribution in [0.15, 0.2) is 18.2 Å². The SMILES string of the molecule is CC1(C)CN(C(=O)c2cc(F)ccc2N)CC(C)(C)O1. The van der Waals surface area contributed by atoms with E-state index in [1.807, 2.05) is 27.7 Å². The molecule has 0 aliphatic carbocycles. The van der Waals surface area contributed by atoms with Crippen LogP contribution in [0.3, 0.4) is 0 Å². The van der Waals surface area contributed by atoms with Gasteiger partial charge in [0.05, 0.1) is 16.8 Å². The number of morpholine rings is 1. The van der Waals surface area contributed by atoms with Crippen LogP contribution < -0.4 is 5.73 Å². The predicted molar refractivity (Wildman–Crippen MR) is 76.0 cm³/mol. The summed E-state index contributed by atoms with van der Waals surface area (Å²) in [6, 6.07) is 3.85. The van der Waals surface area contributed by atoms with Gasteiger partial charge in [-0.25, -0.2) is 4.39 Å². The molecule has 1 saturated heterocycles. The molecule has 2 rings (SSSR count). The van der Waals surface area contributed by atoms with Gasteiger partial charge in [0, 0.05) is 18.8 Å². The number of halogens is 1. The Kier molecular flexibility index (Phi) is 3.50. The van der Waals surface area contributed by atoms with Crippen LogP contribution in [0.5, 0.6) is 0 Å². The molecule has 1 aliphatic rings. The van der Waals surface area contributed by atoms with Crippen molar-refractivity contribution in [3.05, 3.63) is 29.6 Å². The van der Waals surface area contributed by atoms with Gasteiger partial charge >= 0.3 is 0 Å². The summed E-state index contributed by atoms with van der Waals surface area (Å²) >= 11 is 0.